The van der Waals surface area contributed by atoms with Crippen LogP contribution < -0.4 is 10.1 Å². The Balaban J connectivity index is 0.00000341. The minimum absolute atomic E-state index is 0. The molecule has 7 heteroatoms. The third-order valence-corrected chi connectivity index (χ3v) is 5.30. The van der Waals surface area contributed by atoms with Gasteiger partial charge in [0, 0.05) is 46.0 Å². The first-order valence-corrected chi connectivity index (χ1v) is 10.5. The number of nitrogens with one attached hydrogen (secondary N) is 1. The zero-order valence-electron chi connectivity index (χ0n) is 18.7. The Bertz CT molecular complexity index is 808. The van der Waals surface area contributed by atoms with Crippen LogP contribution in [0.2, 0.25) is 0 Å². The molecule has 0 radical (unpaired) electrons. The molecule has 0 atom stereocenters. The summed E-state index contributed by atoms with van der Waals surface area (Å²) in [6, 6.07) is 16.6. The molecule has 1 aliphatic rings. The third-order valence-electron chi connectivity index (χ3n) is 5.30. The molecule has 2 aromatic rings. The maximum absolute atomic E-state index is 6.00. The molecule has 0 bridgehead atoms. The summed E-state index contributed by atoms with van der Waals surface area (Å²) in [7, 11) is 5.53. The smallest absolute Gasteiger partial charge is 0.193 e. The summed E-state index contributed by atoms with van der Waals surface area (Å²) in [5.74, 6) is 1.73. The van der Waals surface area contributed by atoms with Crippen molar-refractivity contribution in [3.63, 3.8) is 0 Å². The van der Waals surface area contributed by atoms with Crippen molar-refractivity contribution in [2.24, 2.45) is 4.99 Å². The number of ether oxygens (including phenoxy) is 3. The molecular weight excluding hydrogens is 505 g/mol. The molecule has 0 aromatic heterocycles. The van der Waals surface area contributed by atoms with Gasteiger partial charge in [-0.1, -0.05) is 42.5 Å². The Morgan fingerprint density at radius 2 is 1.77 bits per heavy atom. The van der Waals surface area contributed by atoms with Crippen molar-refractivity contribution < 1.29 is 14.2 Å². The molecule has 2 aromatic carbocycles. The van der Waals surface area contributed by atoms with Crippen LogP contribution in [0.3, 0.4) is 0 Å². The monoisotopic (exact) mass is 539 g/mol. The Labute approximate surface area is 203 Å². The van der Waals surface area contributed by atoms with E-state index < -0.39 is 0 Å². The Morgan fingerprint density at radius 3 is 2.45 bits per heavy atom. The van der Waals surface area contributed by atoms with E-state index in [1.807, 2.05) is 25.2 Å². The van der Waals surface area contributed by atoms with Gasteiger partial charge in [0.1, 0.15) is 5.75 Å². The van der Waals surface area contributed by atoms with E-state index in [1.165, 1.54) is 11.1 Å². The second-order valence-corrected chi connectivity index (χ2v) is 7.51. The van der Waals surface area contributed by atoms with Crippen LogP contribution in [-0.2, 0) is 29.2 Å². The standard InChI is InChI=1S/C24H33N3O3.HI/c1-25-24(27(2)17-21-6-4-5-7-23(21)28-3)26-16-19-8-10-20(11-9-19)18-30-22-12-14-29-15-13-22;/h4-11,22H,12-18H2,1-3H3,(H,25,26);1H. The van der Waals surface area contributed by atoms with Crippen molar-refractivity contribution in [2.75, 3.05) is 34.4 Å². The van der Waals surface area contributed by atoms with Gasteiger partial charge in [0.25, 0.3) is 0 Å². The maximum Gasteiger partial charge on any atom is 0.193 e. The van der Waals surface area contributed by atoms with Crippen molar-refractivity contribution in [1.82, 2.24) is 10.2 Å². The summed E-state index contributed by atoms with van der Waals surface area (Å²) in [6.45, 7) is 3.70. The summed E-state index contributed by atoms with van der Waals surface area (Å²) in [6.07, 6.45) is 2.30. The van der Waals surface area contributed by atoms with Crippen molar-refractivity contribution in [2.45, 2.75) is 38.6 Å². The largest absolute Gasteiger partial charge is 0.496 e. The first-order valence-electron chi connectivity index (χ1n) is 10.5. The fourth-order valence-electron chi connectivity index (χ4n) is 3.54. The predicted octanol–water partition coefficient (Wildman–Crippen LogP) is 4.22. The van der Waals surface area contributed by atoms with Gasteiger partial charge in [0.2, 0.25) is 0 Å². The van der Waals surface area contributed by atoms with Crippen LogP contribution in [0.4, 0.5) is 0 Å². The lowest BCUT2D eigenvalue weighted by atomic mass is 10.1. The lowest BCUT2D eigenvalue weighted by molar-refractivity contribution is -0.0390. The number of guanidine groups is 1. The molecule has 0 unspecified atom stereocenters. The highest BCUT2D eigenvalue weighted by Crippen LogP contribution is 2.19. The predicted molar refractivity (Wildman–Crippen MR) is 135 cm³/mol. The number of methoxy groups -OCH3 is 1. The molecule has 31 heavy (non-hydrogen) atoms. The maximum atomic E-state index is 6.00. The van der Waals surface area contributed by atoms with Gasteiger partial charge in [0.15, 0.2) is 5.96 Å². The van der Waals surface area contributed by atoms with Crippen LogP contribution in [0, 0.1) is 0 Å². The van der Waals surface area contributed by atoms with Crippen LogP contribution in [0.5, 0.6) is 5.75 Å². The molecule has 0 aliphatic carbocycles. The van der Waals surface area contributed by atoms with E-state index in [-0.39, 0.29) is 24.0 Å². The number of nitrogens with zero attached hydrogens (tertiary/aromatic N) is 2. The lowest BCUT2D eigenvalue weighted by Crippen LogP contribution is -2.38. The summed E-state index contributed by atoms with van der Waals surface area (Å²) < 4.78 is 16.8. The van der Waals surface area contributed by atoms with Crippen LogP contribution in [0.1, 0.15) is 29.5 Å². The van der Waals surface area contributed by atoms with Crippen molar-refractivity contribution in [3.05, 3.63) is 65.2 Å². The first-order chi connectivity index (χ1) is 14.7. The molecule has 1 saturated heterocycles. The first kappa shape index (κ1) is 25.4. The number of para-hydroxylation sites is 1. The van der Waals surface area contributed by atoms with Crippen LogP contribution in [0.25, 0.3) is 0 Å². The number of hydrogen-bond acceptors (Lipinski definition) is 4. The summed E-state index contributed by atoms with van der Waals surface area (Å²) in [5, 5.41) is 3.44. The van der Waals surface area contributed by atoms with Gasteiger partial charge in [-0.05, 0) is 30.0 Å². The number of aliphatic imine (C=N–C) groups is 1. The molecule has 1 aliphatic heterocycles. The highest BCUT2D eigenvalue weighted by atomic mass is 127. The van der Waals surface area contributed by atoms with E-state index >= 15 is 0 Å². The Morgan fingerprint density at radius 1 is 1.10 bits per heavy atom. The average Bonchev–Trinajstić information content (AvgIpc) is 2.80. The molecule has 1 fully saturated rings. The molecule has 170 valence electrons. The number of hydrogen-bond donors (Lipinski definition) is 1. The van der Waals surface area contributed by atoms with Crippen LogP contribution in [-0.4, -0.2) is 51.4 Å². The van der Waals surface area contributed by atoms with E-state index in [1.54, 1.807) is 14.2 Å². The summed E-state index contributed by atoms with van der Waals surface area (Å²) in [4.78, 5) is 6.51. The van der Waals surface area contributed by atoms with Crippen molar-refractivity contribution in [1.29, 1.82) is 0 Å². The minimum Gasteiger partial charge on any atom is -0.496 e. The Kier molecular flexibility index (Phi) is 11.1. The summed E-state index contributed by atoms with van der Waals surface area (Å²) in [5.41, 5.74) is 3.53. The van der Waals surface area contributed by atoms with E-state index in [2.05, 4.69) is 45.5 Å². The molecule has 6 nitrogen and oxygen atoms in total. The average molecular weight is 539 g/mol. The van der Waals surface area contributed by atoms with Crippen molar-refractivity contribution in [3.8, 4) is 5.75 Å². The fraction of sp³-hybridized carbons (Fsp3) is 0.458. The molecule has 1 heterocycles. The molecule has 1 N–H and O–H groups in total. The minimum atomic E-state index is 0. The normalized spacial score (nSPS) is 14.6. The van der Waals surface area contributed by atoms with Gasteiger partial charge in [-0.3, -0.25) is 4.99 Å². The Hall–Kier alpha value is -1.84. The number of rotatable bonds is 8. The highest BCUT2D eigenvalue weighted by molar-refractivity contribution is 14.0. The van der Waals surface area contributed by atoms with Gasteiger partial charge in [0.05, 0.1) is 19.8 Å². The van der Waals surface area contributed by atoms with E-state index in [9.17, 15) is 0 Å². The zero-order valence-corrected chi connectivity index (χ0v) is 21.0. The van der Waals surface area contributed by atoms with Gasteiger partial charge >= 0.3 is 0 Å². The second-order valence-electron chi connectivity index (χ2n) is 7.51. The zero-order chi connectivity index (χ0) is 21.2. The van der Waals surface area contributed by atoms with Gasteiger partial charge in [-0.2, -0.15) is 0 Å². The highest BCUT2D eigenvalue weighted by Gasteiger charge is 2.14. The molecule has 0 amide bonds. The fourth-order valence-corrected chi connectivity index (χ4v) is 3.54. The second kappa shape index (κ2) is 13.5. The molecular formula is C24H34IN3O3. The molecule has 3 rings (SSSR count). The molecule has 0 saturated carbocycles. The molecule has 0 spiro atoms. The van der Waals surface area contributed by atoms with Crippen LogP contribution in [0.15, 0.2) is 53.5 Å². The van der Waals surface area contributed by atoms with Gasteiger partial charge in [-0.25, -0.2) is 0 Å². The van der Waals surface area contributed by atoms with E-state index in [0.29, 0.717) is 25.8 Å². The lowest BCUT2D eigenvalue weighted by Gasteiger charge is -2.23. The van der Waals surface area contributed by atoms with Crippen LogP contribution >= 0.6 is 24.0 Å². The van der Waals surface area contributed by atoms with Gasteiger partial charge in [-0.15, -0.1) is 24.0 Å². The quantitative estimate of drug-likeness (QED) is 0.310. The van der Waals surface area contributed by atoms with E-state index in [0.717, 1.165) is 43.3 Å². The third kappa shape index (κ3) is 7.97. The van der Waals surface area contributed by atoms with Crippen molar-refractivity contribution >= 4 is 29.9 Å². The summed E-state index contributed by atoms with van der Waals surface area (Å²) >= 11 is 0. The van der Waals surface area contributed by atoms with E-state index in [4.69, 9.17) is 14.2 Å². The number of halogens is 1. The SMILES string of the molecule is CN=C(NCc1ccc(COC2CCOCC2)cc1)N(C)Cc1ccccc1OC.I. The van der Waals surface area contributed by atoms with Gasteiger partial charge < -0.3 is 24.4 Å². The number of benzene rings is 2. The topological polar surface area (TPSA) is 55.3 Å².